The molecule has 0 unspecified atom stereocenters. The third-order valence-corrected chi connectivity index (χ3v) is 3.23. The van der Waals surface area contributed by atoms with Crippen molar-refractivity contribution in [3.63, 3.8) is 0 Å². The van der Waals surface area contributed by atoms with Crippen LogP contribution in [-0.2, 0) is 0 Å². The molecule has 1 aromatic rings. The van der Waals surface area contributed by atoms with E-state index in [1.165, 1.54) is 19.3 Å². The largest absolute Gasteiger partial charge is 0.367 e. The minimum absolute atomic E-state index is 0.102. The fourth-order valence-corrected chi connectivity index (χ4v) is 1.94. The molecule has 0 radical (unpaired) electrons. The van der Waals surface area contributed by atoms with Crippen molar-refractivity contribution in [2.24, 2.45) is 5.41 Å². The minimum Gasteiger partial charge on any atom is -0.367 e. The third kappa shape index (κ3) is 5.36. The smallest absolute Gasteiger partial charge is 0.245 e. The van der Waals surface area contributed by atoms with Crippen LogP contribution in [0.25, 0.3) is 0 Å². The molecule has 0 atom stereocenters. The molecule has 18 heavy (non-hydrogen) atoms. The quantitative estimate of drug-likeness (QED) is 0.765. The van der Waals surface area contributed by atoms with Gasteiger partial charge in [0.25, 0.3) is 0 Å². The first-order chi connectivity index (χ1) is 8.44. The number of hydrogen-bond donors (Lipinski definition) is 1. The van der Waals surface area contributed by atoms with Crippen LogP contribution in [0.4, 0.5) is 5.82 Å². The number of rotatable bonds is 7. The van der Waals surface area contributed by atoms with Crippen LogP contribution in [0, 0.1) is 5.41 Å². The molecule has 1 aromatic heterocycles. The molecule has 0 aliphatic rings. The molecule has 0 saturated heterocycles. The summed E-state index contributed by atoms with van der Waals surface area (Å²) >= 11 is 11.6. The number of unbranched alkanes of at least 4 members (excludes halogenated alkanes) is 2. The van der Waals surface area contributed by atoms with Crippen molar-refractivity contribution in [3.05, 3.63) is 10.4 Å². The minimum atomic E-state index is 0.102. The highest BCUT2D eigenvalue weighted by atomic mass is 35.5. The van der Waals surface area contributed by atoms with Gasteiger partial charge in [0.2, 0.25) is 5.28 Å². The van der Waals surface area contributed by atoms with Gasteiger partial charge < -0.3 is 5.32 Å². The van der Waals surface area contributed by atoms with Gasteiger partial charge in [-0.3, -0.25) is 0 Å². The number of nitrogens with zero attached hydrogens (tertiary/aromatic N) is 3. The summed E-state index contributed by atoms with van der Waals surface area (Å²) in [4.78, 5) is 4.02. The van der Waals surface area contributed by atoms with Crippen molar-refractivity contribution in [2.45, 2.75) is 46.5 Å². The Hall–Kier alpha value is -0.610. The van der Waals surface area contributed by atoms with E-state index in [4.69, 9.17) is 23.2 Å². The van der Waals surface area contributed by atoms with Crippen molar-refractivity contribution >= 4 is 29.0 Å². The van der Waals surface area contributed by atoms with Gasteiger partial charge >= 0.3 is 0 Å². The number of nitrogens with one attached hydrogen (secondary N) is 1. The van der Waals surface area contributed by atoms with E-state index in [9.17, 15) is 0 Å². The van der Waals surface area contributed by atoms with Gasteiger partial charge in [-0.15, -0.1) is 10.2 Å². The lowest BCUT2D eigenvalue weighted by Crippen LogP contribution is -2.23. The Morgan fingerprint density at radius 2 is 1.89 bits per heavy atom. The predicted octanol–water partition coefficient (Wildman–Crippen LogP) is 4.20. The molecule has 102 valence electrons. The standard InChI is InChI=1S/C12H20Cl2N4/c1-4-5-6-7-12(2,3)8-15-10-9(13)17-18-11(14)16-10/h4-8H2,1-3H3,(H,15,16,18). The molecule has 0 bridgehead atoms. The second-order valence-electron chi connectivity index (χ2n) is 5.20. The Bertz CT molecular complexity index is 382. The van der Waals surface area contributed by atoms with Crippen molar-refractivity contribution in [1.29, 1.82) is 0 Å². The summed E-state index contributed by atoms with van der Waals surface area (Å²) in [6.45, 7) is 7.44. The normalized spacial score (nSPS) is 11.6. The van der Waals surface area contributed by atoms with Crippen LogP contribution in [0.2, 0.25) is 10.4 Å². The Labute approximate surface area is 118 Å². The molecule has 0 amide bonds. The Kier molecular flexibility index (Phi) is 6.09. The van der Waals surface area contributed by atoms with Gasteiger partial charge in [0.05, 0.1) is 0 Å². The van der Waals surface area contributed by atoms with Crippen LogP contribution in [-0.4, -0.2) is 21.7 Å². The summed E-state index contributed by atoms with van der Waals surface area (Å²) < 4.78 is 0. The van der Waals surface area contributed by atoms with E-state index in [0.717, 1.165) is 13.0 Å². The molecule has 1 N–H and O–H groups in total. The van der Waals surface area contributed by atoms with Crippen LogP contribution in [0.3, 0.4) is 0 Å². The topological polar surface area (TPSA) is 50.7 Å². The molecule has 0 fully saturated rings. The third-order valence-electron chi connectivity index (χ3n) is 2.81. The molecule has 0 aliphatic heterocycles. The van der Waals surface area contributed by atoms with Gasteiger partial charge in [0, 0.05) is 6.54 Å². The highest BCUT2D eigenvalue weighted by Crippen LogP contribution is 2.25. The van der Waals surface area contributed by atoms with Gasteiger partial charge in [-0.05, 0) is 23.4 Å². The zero-order chi connectivity index (χ0) is 13.6. The fraction of sp³-hybridized carbons (Fsp3) is 0.750. The number of hydrogen-bond acceptors (Lipinski definition) is 4. The maximum absolute atomic E-state index is 5.89. The summed E-state index contributed by atoms with van der Waals surface area (Å²) in [6.07, 6.45) is 4.91. The highest BCUT2D eigenvalue weighted by Gasteiger charge is 2.18. The van der Waals surface area contributed by atoms with Crippen molar-refractivity contribution in [3.8, 4) is 0 Å². The lowest BCUT2D eigenvalue weighted by Gasteiger charge is -2.25. The summed E-state index contributed by atoms with van der Waals surface area (Å²) in [5, 5.41) is 10.8. The average Bonchev–Trinajstić information content (AvgIpc) is 2.31. The zero-order valence-electron chi connectivity index (χ0n) is 11.1. The predicted molar refractivity (Wildman–Crippen MR) is 76.3 cm³/mol. The molecule has 6 heteroatoms. The fourth-order valence-electron chi connectivity index (χ4n) is 1.67. The Morgan fingerprint density at radius 1 is 1.17 bits per heavy atom. The van der Waals surface area contributed by atoms with Crippen molar-refractivity contribution in [2.75, 3.05) is 11.9 Å². The van der Waals surface area contributed by atoms with Gasteiger partial charge in [-0.25, -0.2) is 0 Å². The van der Waals surface area contributed by atoms with Crippen LogP contribution < -0.4 is 5.32 Å². The van der Waals surface area contributed by atoms with E-state index in [2.05, 4.69) is 41.3 Å². The maximum atomic E-state index is 5.89. The van der Waals surface area contributed by atoms with E-state index in [1.807, 2.05) is 0 Å². The Morgan fingerprint density at radius 3 is 2.56 bits per heavy atom. The molecule has 4 nitrogen and oxygen atoms in total. The zero-order valence-corrected chi connectivity index (χ0v) is 12.6. The van der Waals surface area contributed by atoms with E-state index in [0.29, 0.717) is 5.82 Å². The average molecular weight is 291 g/mol. The molecular formula is C12H20Cl2N4. The molecule has 0 saturated carbocycles. The lowest BCUT2D eigenvalue weighted by molar-refractivity contribution is 0.342. The second-order valence-corrected chi connectivity index (χ2v) is 5.89. The molecule has 0 spiro atoms. The van der Waals surface area contributed by atoms with Crippen LogP contribution in [0.1, 0.15) is 46.5 Å². The highest BCUT2D eigenvalue weighted by molar-refractivity contribution is 6.32. The second kappa shape index (κ2) is 7.10. The van der Waals surface area contributed by atoms with Crippen LogP contribution in [0.15, 0.2) is 0 Å². The first kappa shape index (κ1) is 15.4. The van der Waals surface area contributed by atoms with Gasteiger partial charge in [0.15, 0.2) is 11.0 Å². The van der Waals surface area contributed by atoms with E-state index in [1.54, 1.807) is 0 Å². The van der Waals surface area contributed by atoms with Gasteiger partial charge in [-0.2, -0.15) is 4.98 Å². The first-order valence-electron chi connectivity index (χ1n) is 6.24. The van der Waals surface area contributed by atoms with E-state index in [-0.39, 0.29) is 15.9 Å². The van der Waals surface area contributed by atoms with Gasteiger partial charge in [-0.1, -0.05) is 51.6 Å². The maximum Gasteiger partial charge on any atom is 0.245 e. The molecular weight excluding hydrogens is 271 g/mol. The monoisotopic (exact) mass is 290 g/mol. The van der Waals surface area contributed by atoms with E-state index >= 15 is 0 Å². The van der Waals surface area contributed by atoms with Crippen LogP contribution in [0.5, 0.6) is 0 Å². The summed E-state index contributed by atoms with van der Waals surface area (Å²) in [5.74, 6) is 0.500. The molecule has 0 aliphatic carbocycles. The van der Waals surface area contributed by atoms with E-state index < -0.39 is 0 Å². The van der Waals surface area contributed by atoms with Crippen molar-refractivity contribution in [1.82, 2.24) is 15.2 Å². The molecule has 1 heterocycles. The SMILES string of the molecule is CCCCCC(C)(C)CNc1nc(Cl)nnc1Cl. The Balaban J connectivity index is 2.50. The van der Waals surface area contributed by atoms with Crippen molar-refractivity contribution < 1.29 is 0 Å². The lowest BCUT2D eigenvalue weighted by atomic mass is 9.87. The summed E-state index contributed by atoms with van der Waals surface area (Å²) in [5.41, 5.74) is 0.190. The number of halogens is 2. The molecule has 1 rings (SSSR count). The molecule has 0 aromatic carbocycles. The summed E-state index contributed by atoms with van der Waals surface area (Å²) in [7, 11) is 0. The van der Waals surface area contributed by atoms with Crippen LogP contribution >= 0.6 is 23.2 Å². The first-order valence-corrected chi connectivity index (χ1v) is 7.00. The number of aromatic nitrogens is 3. The number of anilines is 1. The van der Waals surface area contributed by atoms with Gasteiger partial charge in [0.1, 0.15) is 0 Å². The summed E-state index contributed by atoms with van der Waals surface area (Å²) in [6, 6.07) is 0.